The van der Waals surface area contributed by atoms with Crippen LogP contribution in [-0.2, 0) is 9.84 Å². The van der Waals surface area contributed by atoms with Gasteiger partial charge in [0.2, 0.25) is 0 Å². The van der Waals surface area contributed by atoms with E-state index < -0.39 is 9.84 Å². The van der Waals surface area contributed by atoms with Crippen LogP contribution in [0.25, 0.3) is 11.3 Å². The van der Waals surface area contributed by atoms with Gasteiger partial charge >= 0.3 is 0 Å². The average molecular weight is 378 g/mol. The number of benzene rings is 1. The maximum absolute atomic E-state index is 12.8. The monoisotopic (exact) mass is 378 g/mol. The summed E-state index contributed by atoms with van der Waals surface area (Å²) < 4.78 is 28.3. The molecule has 2 aromatic rings. The lowest BCUT2D eigenvalue weighted by Gasteiger charge is -2.34. The first kappa shape index (κ1) is 18.6. The molecule has 7 nitrogen and oxygen atoms in total. The topological polar surface area (TPSA) is 101 Å². The fourth-order valence-electron chi connectivity index (χ4n) is 3.24. The smallest absolute Gasteiger partial charge is 0.276 e. The molecule has 0 radical (unpaired) electrons. The van der Waals surface area contributed by atoms with Gasteiger partial charge in [0, 0.05) is 37.1 Å². The standard InChI is InChI=1S/C18H22N2O5S/c1-26(23,24)15-7-5-13(6-8-15)17-12-16(19-25-17)18(22)20-10-3-2-4-14(20)9-11-21/h5-8,12,14,21H,2-4,9-11H2,1H3. The first-order valence-electron chi connectivity index (χ1n) is 8.59. The van der Waals surface area contributed by atoms with Crippen molar-refractivity contribution in [2.45, 2.75) is 36.6 Å². The van der Waals surface area contributed by atoms with Crippen molar-refractivity contribution in [3.05, 3.63) is 36.0 Å². The molecule has 1 atom stereocenters. The summed E-state index contributed by atoms with van der Waals surface area (Å²) >= 11 is 0. The molecule has 1 aliphatic rings. The van der Waals surface area contributed by atoms with Crippen LogP contribution in [0.4, 0.5) is 0 Å². The molecule has 1 fully saturated rings. The number of rotatable bonds is 5. The third-order valence-electron chi connectivity index (χ3n) is 4.65. The van der Waals surface area contributed by atoms with Crippen molar-refractivity contribution in [3.63, 3.8) is 0 Å². The number of carbonyl (C=O) groups excluding carboxylic acids is 1. The molecule has 0 saturated carbocycles. The van der Waals surface area contributed by atoms with Crippen LogP contribution in [-0.4, -0.2) is 54.9 Å². The van der Waals surface area contributed by atoms with E-state index in [1.165, 1.54) is 12.1 Å². The van der Waals surface area contributed by atoms with Crippen LogP contribution in [0.5, 0.6) is 0 Å². The van der Waals surface area contributed by atoms with Gasteiger partial charge in [0.15, 0.2) is 21.3 Å². The summed E-state index contributed by atoms with van der Waals surface area (Å²) in [5.41, 5.74) is 0.867. The van der Waals surface area contributed by atoms with E-state index in [1.807, 2.05) is 0 Å². The Hall–Kier alpha value is -2.19. The minimum atomic E-state index is -3.26. The summed E-state index contributed by atoms with van der Waals surface area (Å²) in [4.78, 5) is 14.7. The number of aliphatic hydroxyl groups is 1. The van der Waals surface area contributed by atoms with Gasteiger partial charge in [-0.05, 0) is 49.9 Å². The van der Waals surface area contributed by atoms with Crippen molar-refractivity contribution in [3.8, 4) is 11.3 Å². The van der Waals surface area contributed by atoms with Gasteiger partial charge in [0.05, 0.1) is 4.90 Å². The van der Waals surface area contributed by atoms with Crippen molar-refractivity contribution in [2.24, 2.45) is 0 Å². The molecule has 3 rings (SSSR count). The summed E-state index contributed by atoms with van der Waals surface area (Å²) in [7, 11) is -3.26. The summed E-state index contributed by atoms with van der Waals surface area (Å²) in [5.74, 6) is 0.204. The van der Waals surface area contributed by atoms with Crippen LogP contribution in [0, 0.1) is 0 Å². The number of piperidine rings is 1. The molecular weight excluding hydrogens is 356 g/mol. The minimum absolute atomic E-state index is 0.0236. The second kappa shape index (κ2) is 7.59. The molecular formula is C18H22N2O5S. The molecule has 140 valence electrons. The Balaban J connectivity index is 1.79. The first-order valence-corrected chi connectivity index (χ1v) is 10.5. The van der Waals surface area contributed by atoms with Crippen LogP contribution in [0.3, 0.4) is 0 Å². The van der Waals surface area contributed by atoms with E-state index in [0.717, 1.165) is 25.5 Å². The van der Waals surface area contributed by atoms with Crippen LogP contribution in [0.15, 0.2) is 39.8 Å². The lowest BCUT2D eigenvalue weighted by molar-refractivity contribution is 0.0564. The van der Waals surface area contributed by atoms with Crippen LogP contribution in [0.2, 0.25) is 0 Å². The van der Waals surface area contributed by atoms with Gasteiger partial charge < -0.3 is 14.5 Å². The largest absolute Gasteiger partial charge is 0.396 e. The number of sulfone groups is 1. The van der Waals surface area contributed by atoms with Gasteiger partial charge in [-0.15, -0.1) is 0 Å². The second-order valence-electron chi connectivity index (χ2n) is 6.53. The van der Waals surface area contributed by atoms with Gasteiger partial charge in [-0.2, -0.15) is 0 Å². The number of hydrogen-bond acceptors (Lipinski definition) is 6. The number of hydrogen-bond donors (Lipinski definition) is 1. The van der Waals surface area contributed by atoms with Crippen LogP contribution >= 0.6 is 0 Å². The highest BCUT2D eigenvalue weighted by Crippen LogP contribution is 2.25. The maximum atomic E-state index is 12.8. The van der Waals surface area contributed by atoms with Crippen molar-refractivity contribution in [1.29, 1.82) is 0 Å². The van der Waals surface area contributed by atoms with Crippen LogP contribution < -0.4 is 0 Å². The van der Waals surface area contributed by atoms with Gasteiger partial charge in [-0.1, -0.05) is 5.16 Å². The fraction of sp³-hybridized carbons (Fsp3) is 0.444. The second-order valence-corrected chi connectivity index (χ2v) is 8.55. The highest BCUT2D eigenvalue weighted by molar-refractivity contribution is 7.90. The Morgan fingerprint density at radius 3 is 2.69 bits per heavy atom. The lowest BCUT2D eigenvalue weighted by Crippen LogP contribution is -2.44. The fourth-order valence-corrected chi connectivity index (χ4v) is 3.87. The Morgan fingerprint density at radius 1 is 1.31 bits per heavy atom. The maximum Gasteiger partial charge on any atom is 0.276 e. The highest BCUT2D eigenvalue weighted by atomic mass is 32.2. The Morgan fingerprint density at radius 2 is 2.04 bits per heavy atom. The molecule has 0 spiro atoms. The lowest BCUT2D eigenvalue weighted by atomic mass is 9.99. The van der Waals surface area contributed by atoms with E-state index in [9.17, 15) is 18.3 Å². The molecule has 1 aliphatic heterocycles. The van der Waals surface area contributed by atoms with Crippen molar-refractivity contribution >= 4 is 15.7 Å². The quantitative estimate of drug-likeness (QED) is 0.855. The highest BCUT2D eigenvalue weighted by Gasteiger charge is 2.29. The zero-order valence-corrected chi connectivity index (χ0v) is 15.4. The number of aliphatic hydroxyl groups excluding tert-OH is 1. The molecule has 0 bridgehead atoms. The number of nitrogens with zero attached hydrogens (tertiary/aromatic N) is 2. The number of amides is 1. The van der Waals surface area contributed by atoms with E-state index in [0.29, 0.717) is 24.3 Å². The third kappa shape index (κ3) is 3.96. The normalized spacial score (nSPS) is 18.1. The van der Waals surface area contributed by atoms with E-state index in [4.69, 9.17) is 4.52 Å². The molecule has 1 unspecified atom stereocenters. The molecule has 2 heterocycles. The Labute approximate surface area is 152 Å². The van der Waals surface area contributed by atoms with Gasteiger partial charge in [-0.3, -0.25) is 4.79 Å². The van der Waals surface area contributed by atoms with Crippen molar-refractivity contribution < 1.29 is 22.8 Å². The zero-order chi connectivity index (χ0) is 18.7. The van der Waals surface area contributed by atoms with E-state index in [1.54, 1.807) is 23.1 Å². The zero-order valence-electron chi connectivity index (χ0n) is 14.6. The summed E-state index contributed by atoms with van der Waals surface area (Å²) in [6, 6.07) is 7.84. The van der Waals surface area contributed by atoms with E-state index in [2.05, 4.69) is 5.16 Å². The molecule has 1 aromatic carbocycles. The number of carbonyl (C=O) groups is 1. The van der Waals surface area contributed by atoms with E-state index >= 15 is 0 Å². The Kier molecular flexibility index (Phi) is 5.43. The molecule has 1 amide bonds. The molecule has 26 heavy (non-hydrogen) atoms. The molecule has 1 N–H and O–H groups in total. The predicted octanol–water partition coefficient (Wildman–Crippen LogP) is 2.12. The number of likely N-dealkylation sites (tertiary alicyclic amines) is 1. The van der Waals surface area contributed by atoms with Crippen molar-refractivity contribution in [2.75, 3.05) is 19.4 Å². The summed E-state index contributed by atoms with van der Waals surface area (Å²) in [6.07, 6.45) is 4.57. The van der Waals surface area contributed by atoms with Crippen LogP contribution in [0.1, 0.15) is 36.2 Å². The molecule has 1 saturated heterocycles. The van der Waals surface area contributed by atoms with Gasteiger partial charge in [0.1, 0.15) is 0 Å². The SMILES string of the molecule is CS(=O)(=O)c1ccc(-c2cc(C(=O)N3CCCCC3CCO)no2)cc1. The van der Waals surface area contributed by atoms with Gasteiger partial charge in [-0.25, -0.2) is 8.42 Å². The summed E-state index contributed by atoms with van der Waals surface area (Å²) in [5, 5.41) is 13.1. The summed E-state index contributed by atoms with van der Waals surface area (Å²) in [6.45, 7) is 0.694. The predicted molar refractivity (Wildman–Crippen MR) is 95.4 cm³/mol. The number of aromatic nitrogens is 1. The average Bonchev–Trinajstić information content (AvgIpc) is 3.11. The van der Waals surface area contributed by atoms with Crippen molar-refractivity contribution in [1.82, 2.24) is 10.1 Å². The molecule has 1 aromatic heterocycles. The third-order valence-corrected chi connectivity index (χ3v) is 5.78. The van der Waals surface area contributed by atoms with E-state index in [-0.39, 0.29) is 29.1 Å². The molecule has 8 heteroatoms. The minimum Gasteiger partial charge on any atom is -0.396 e. The first-order chi connectivity index (χ1) is 12.4. The molecule has 0 aliphatic carbocycles. The van der Waals surface area contributed by atoms with Gasteiger partial charge in [0.25, 0.3) is 5.91 Å². The Bertz CT molecular complexity index is 871.